The summed E-state index contributed by atoms with van der Waals surface area (Å²) in [7, 11) is 0. The first-order valence-electron chi connectivity index (χ1n) is 6.94. The van der Waals surface area contributed by atoms with Crippen molar-refractivity contribution in [2.24, 2.45) is 0 Å². The molecule has 0 bridgehead atoms. The number of anilines is 1. The van der Waals surface area contributed by atoms with Gasteiger partial charge < -0.3 is 5.32 Å². The van der Waals surface area contributed by atoms with E-state index in [4.69, 9.17) is 11.6 Å². The van der Waals surface area contributed by atoms with Gasteiger partial charge in [0.2, 0.25) is 0 Å². The first-order valence-corrected chi connectivity index (χ1v) is 7.32. The minimum atomic E-state index is -0.380. The molecule has 0 spiro atoms. The van der Waals surface area contributed by atoms with Crippen LogP contribution in [0, 0.1) is 5.82 Å². The second-order valence-corrected chi connectivity index (χ2v) is 5.39. The number of nitrogens with zero attached hydrogens (tertiary/aromatic N) is 2. The summed E-state index contributed by atoms with van der Waals surface area (Å²) in [5.74, 6) is -0.698. The molecule has 1 heterocycles. The van der Waals surface area contributed by atoms with Crippen LogP contribution >= 0.6 is 11.6 Å². The maximum absolute atomic E-state index is 12.9. The van der Waals surface area contributed by atoms with E-state index in [2.05, 4.69) is 10.4 Å². The van der Waals surface area contributed by atoms with Gasteiger partial charge >= 0.3 is 0 Å². The Balaban J connectivity index is 1.68. The average molecular weight is 330 g/mol. The molecule has 6 heteroatoms. The molecule has 0 saturated carbocycles. The average Bonchev–Trinajstić information content (AvgIpc) is 2.97. The largest absolute Gasteiger partial charge is 0.319 e. The number of amides is 1. The van der Waals surface area contributed by atoms with E-state index in [-0.39, 0.29) is 11.7 Å². The van der Waals surface area contributed by atoms with Crippen molar-refractivity contribution in [2.75, 3.05) is 5.32 Å². The van der Waals surface area contributed by atoms with Gasteiger partial charge in [0, 0.05) is 16.8 Å². The standard InChI is InChI=1S/C17H13ClFN3O/c18-16-4-2-1-3-13(16)10-22-11-15(9-20-22)21-17(23)12-5-7-14(19)8-6-12/h1-9,11H,10H2,(H,21,23). The molecule has 0 atom stereocenters. The quantitative estimate of drug-likeness (QED) is 0.787. The van der Waals surface area contributed by atoms with E-state index in [9.17, 15) is 9.18 Å². The zero-order chi connectivity index (χ0) is 16.2. The van der Waals surface area contributed by atoms with Crippen LogP contribution in [0.1, 0.15) is 15.9 Å². The van der Waals surface area contributed by atoms with Crippen LogP contribution in [0.2, 0.25) is 5.02 Å². The summed E-state index contributed by atoms with van der Waals surface area (Å²) in [6.45, 7) is 0.506. The number of aromatic nitrogens is 2. The van der Waals surface area contributed by atoms with E-state index in [1.807, 2.05) is 24.3 Å². The van der Waals surface area contributed by atoms with Crippen LogP contribution in [0.5, 0.6) is 0 Å². The second-order valence-electron chi connectivity index (χ2n) is 4.98. The fourth-order valence-corrected chi connectivity index (χ4v) is 2.32. The number of nitrogens with one attached hydrogen (secondary N) is 1. The third-order valence-electron chi connectivity index (χ3n) is 3.29. The smallest absolute Gasteiger partial charge is 0.255 e. The first-order chi connectivity index (χ1) is 11.1. The van der Waals surface area contributed by atoms with Gasteiger partial charge in [-0.3, -0.25) is 9.48 Å². The van der Waals surface area contributed by atoms with E-state index in [0.717, 1.165) is 5.56 Å². The molecule has 0 fully saturated rings. The maximum Gasteiger partial charge on any atom is 0.255 e. The highest BCUT2D eigenvalue weighted by Crippen LogP contribution is 2.17. The molecule has 1 amide bonds. The summed E-state index contributed by atoms with van der Waals surface area (Å²) in [6, 6.07) is 12.9. The molecule has 3 rings (SSSR count). The Morgan fingerprint density at radius 1 is 1.17 bits per heavy atom. The number of halogens is 2. The molecule has 116 valence electrons. The second kappa shape index (κ2) is 6.62. The third-order valence-corrected chi connectivity index (χ3v) is 3.66. The van der Waals surface area contributed by atoms with Crippen LogP contribution in [-0.4, -0.2) is 15.7 Å². The molecule has 0 aliphatic heterocycles. The number of carbonyl (C=O) groups is 1. The van der Waals surface area contributed by atoms with E-state index in [1.54, 1.807) is 17.1 Å². The molecular formula is C17H13ClFN3O. The first kappa shape index (κ1) is 15.2. The lowest BCUT2D eigenvalue weighted by Crippen LogP contribution is -2.11. The lowest BCUT2D eigenvalue weighted by Gasteiger charge is -2.04. The lowest BCUT2D eigenvalue weighted by atomic mass is 10.2. The van der Waals surface area contributed by atoms with Gasteiger partial charge in [-0.2, -0.15) is 5.10 Å². The fraction of sp³-hybridized carbons (Fsp3) is 0.0588. The van der Waals surface area contributed by atoms with E-state index >= 15 is 0 Å². The molecule has 0 saturated heterocycles. The Morgan fingerprint density at radius 2 is 1.91 bits per heavy atom. The molecule has 2 aromatic carbocycles. The Hall–Kier alpha value is -2.66. The maximum atomic E-state index is 12.9. The topological polar surface area (TPSA) is 46.9 Å². The van der Waals surface area contributed by atoms with Crippen molar-refractivity contribution in [3.05, 3.63) is 82.9 Å². The highest BCUT2D eigenvalue weighted by atomic mass is 35.5. The Labute approximate surface area is 137 Å². The summed E-state index contributed by atoms with van der Waals surface area (Å²) in [4.78, 5) is 12.1. The molecule has 0 aliphatic carbocycles. The predicted octanol–water partition coefficient (Wildman–Crippen LogP) is 3.98. The number of hydrogen-bond donors (Lipinski definition) is 1. The number of benzene rings is 2. The van der Waals surface area contributed by atoms with Gasteiger partial charge in [0.1, 0.15) is 5.82 Å². The Bertz CT molecular complexity index is 830. The molecule has 4 nitrogen and oxygen atoms in total. The van der Waals surface area contributed by atoms with Gasteiger partial charge in [-0.05, 0) is 35.9 Å². The number of hydrogen-bond acceptors (Lipinski definition) is 2. The number of rotatable bonds is 4. The minimum Gasteiger partial charge on any atom is -0.319 e. The van der Waals surface area contributed by atoms with E-state index in [1.165, 1.54) is 24.3 Å². The van der Waals surface area contributed by atoms with Gasteiger partial charge in [-0.15, -0.1) is 0 Å². The van der Waals surface area contributed by atoms with Crippen LogP contribution in [0.25, 0.3) is 0 Å². The monoisotopic (exact) mass is 329 g/mol. The third kappa shape index (κ3) is 3.76. The van der Waals surface area contributed by atoms with Crippen molar-refractivity contribution in [3.8, 4) is 0 Å². The predicted molar refractivity (Wildman–Crippen MR) is 87.1 cm³/mol. The van der Waals surface area contributed by atoms with Crippen molar-refractivity contribution in [1.29, 1.82) is 0 Å². The SMILES string of the molecule is O=C(Nc1cnn(Cc2ccccc2Cl)c1)c1ccc(F)cc1. The van der Waals surface area contributed by atoms with E-state index in [0.29, 0.717) is 22.8 Å². The van der Waals surface area contributed by atoms with Crippen molar-refractivity contribution < 1.29 is 9.18 Å². The van der Waals surface area contributed by atoms with Crippen LogP contribution in [0.3, 0.4) is 0 Å². The molecular weight excluding hydrogens is 317 g/mol. The van der Waals surface area contributed by atoms with Crippen molar-refractivity contribution in [1.82, 2.24) is 9.78 Å². The van der Waals surface area contributed by atoms with Gasteiger partial charge in [0.05, 0.1) is 18.4 Å². The summed E-state index contributed by atoms with van der Waals surface area (Å²) in [6.07, 6.45) is 3.27. The van der Waals surface area contributed by atoms with Gasteiger partial charge in [-0.1, -0.05) is 29.8 Å². The zero-order valence-electron chi connectivity index (χ0n) is 12.0. The molecule has 1 aromatic heterocycles. The zero-order valence-corrected chi connectivity index (χ0v) is 12.8. The highest BCUT2D eigenvalue weighted by Gasteiger charge is 2.08. The van der Waals surface area contributed by atoms with Crippen LogP contribution in [-0.2, 0) is 6.54 Å². The van der Waals surface area contributed by atoms with Crippen molar-refractivity contribution >= 4 is 23.2 Å². The van der Waals surface area contributed by atoms with Crippen molar-refractivity contribution in [3.63, 3.8) is 0 Å². The van der Waals surface area contributed by atoms with Gasteiger partial charge in [-0.25, -0.2) is 4.39 Å². The van der Waals surface area contributed by atoms with Crippen LogP contribution < -0.4 is 5.32 Å². The number of carbonyl (C=O) groups excluding carboxylic acids is 1. The molecule has 1 N–H and O–H groups in total. The van der Waals surface area contributed by atoms with E-state index < -0.39 is 0 Å². The Kier molecular flexibility index (Phi) is 4.39. The normalized spacial score (nSPS) is 10.5. The van der Waals surface area contributed by atoms with Gasteiger partial charge in [0.25, 0.3) is 5.91 Å². The summed E-state index contributed by atoms with van der Waals surface area (Å²) >= 11 is 6.12. The summed E-state index contributed by atoms with van der Waals surface area (Å²) in [5.41, 5.74) is 1.88. The summed E-state index contributed by atoms with van der Waals surface area (Å²) < 4.78 is 14.5. The molecule has 0 unspecified atom stereocenters. The minimum absolute atomic E-state index is 0.317. The summed E-state index contributed by atoms with van der Waals surface area (Å²) in [5, 5.41) is 7.58. The van der Waals surface area contributed by atoms with Gasteiger partial charge in [0.15, 0.2) is 0 Å². The van der Waals surface area contributed by atoms with Crippen LogP contribution in [0.4, 0.5) is 10.1 Å². The molecule has 3 aromatic rings. The highest BCUT2D eigenvalue weighted by molar-refractivity contribution is 6.31. The van der Waals surface area contributed by atoms with Crippen LogP contribution in [0.15, 0.2) is 60.9 Å². The molecule has 0 radical (unpaired) electrons. The molecule has 23 heavy (non-hydrogen) atoms. The fourth-order valence-electron chi connectivity index (χ4n) is 2.12. The lowest BCUT2D eigenvalue weighted by molar-refractivity contribution is 0.102. The Morgan fingerprint density at radius 3 is 2.65 bits per heavy atom. The molecule has 0 aliphatic rings. The van der Waals surface area contributed by atoms with Crippen molar-refractivity contribution in [2.45, 2.75) is 6.54 Å².